The molecule has 1 fully saturated rings. The van der Waals surface area contributed by atoms with E-state index in [9.17, 15) is 14.9 Å². The van der Waals surface area contributed by atoms with Gasteiger partial charge in [-0.05, 0) is 31.6 Å². The minimum atomic E-state index is -0.461. The maximum absolute atomic E-state index is 12.1. The van der Waals surface area contributed by atoms with Crippen molar-refractivity contribution in [2.24, 2.45) is 0 Å². The molecule has 1 amide bonds. The van der Waals surface area contributed by atoms with Crippen LogP contribution in [0.4, 0.5) is 11.4 Å². The second kappa shape index (κ2) is 7.14. The minimum absolute atomic E-state index is 0.0141. The van der Waals surface area contributed by atoms with Crippen molar-refractivity contribution in [3.8, 4) is 0 Å². The molecule has 7 heteroatoms. The highest BCUT2D eigenvalue weighted by Gasteiger charge is 2.22. The molecule has 0 aliphatic carbocycles. The van der Waals surface area contributed by atoms with Crippen molar-refractivity contribution >= 4 is 17.3 Å². The summed E-state index contributed by atoms with van der Waals surface area (Å²) >= 11 is 0. The lowest BCUT2D eigenvalue weighted by Crippen LogP contribution is -2.41. The lowest BCUT2D eigenvalue weighted by Gasteiger charge is -2.26. The maximum atomic E-state index is 12.1. The Hall–Kier alpha value is -1.99. The minimum Gasteiger partial charge on any atom is -0.325 e. The molecule has 0 bridgehead atoms. The van der Waals surface area contributed by atoms with Gasteiger partial charge in [0.2, 0.25) is 5.91 Å². The largest absolute Gasteiger partial charge is 0.325 e. The van der Waals surface area contributed by atoms with Crippen LogP contribution in [0.15, 0.2) is 24.3 Å². The second-order valence-electron chi connectivity index (χ2n) is 5.06. The van der Waals surface area contributed by atoms with Crippen molar-refractivity contribution in [2.75, 3.05) is 31.5 Å². The summed E-state index contributed by atoms with van der Waals surface area (Å²) in [7, 11) is 0. The number of amides is 1. The fourth-order valence-electron chi connectivity index (χ4n) is 2.50. The third-order valence-electron chi connectivity index (χ3n) is 3.67. The topological polar surface area (TPSA) is 87.5 Å². The summed E-state index contributed by atoms with van der Waals surface area (Å²) in [5, 5.41) is 16.6. The molecule has 1 aromatic rings. The van der Waals surface area contributed by atoms with Gasteiger partial charge in [0.05, 0.1) is 11.5 Å². The van der Waals surface area contributed by atoms with Crippen LogP contribution in [-0.4, -0.2) is 48.0 Å². The number of nitrogens with one attached hydrogen (secondary N) is 2. The highest BCUT2D eigenvalue weighted by molar-refractivity contribution is 5.92. The van der Waals surface area contributed by atoms with Crippen molar-refractivity contribution in [1.82, 2.24) is 10.2 Å². The summed E-state index contributed by atoms with van der Waals surface area (Å²) < 4.78 is 0. The van der Waals surface area contributed by atoms with Gasteiger partial charge >= 0.3 is 0 Å². The maximum Gasteiger partial charge on any atom is 0.269 e. The molecule has 1 heterocycles. The van der Waals surface area contributed by atoms with Crippen molar-refractivity contribution in [2.45, 2.75) is 19.4 Å². The molecule has 21 heavy (non-hydrogen) atoms. The van der Waals surface area contributed by atoms with Gasteiger partial charge in [0, 0.05) is 30.4 Å². The average molecular weight is 292 g/mol. The molecule has 1 aliphatic heterocycles. The van der Waals surface area contributed by atoms with Gasteiger partial charge < -0.3 is 10.6 Å². The summed E-state index contributed by atoms with van der Waals surface area (Å²) in [6.07, 6.45) is 1.05. The van der Waals surface area contributed by atoms with Crippen LogP contribution >= 0.6 is 0 Å². The van der Waals surface area contributed by atoms with Crippen LogP contribution in [0.2, 0.25) is 0 Å². The number of likely N-dealkylation sites (N-methyl/N-ethyl adjacent to an activating group) is 1. The van der Waals surface area contributed by atoms with Gasteiger partial charge in [0.1, 0.15) is 0 Å². The van der Waals surface area contributed by atoms with E-state index in [1.54, 1.807) is 12.1 Å². The fourth-order valence-corrected chi connectivity index (χ4v) is 2.50. The highest BCUT2D eigenvalue weighted by Crippen LogP contribution is 2.15. The molecule has 1 unspecified atom stereocenters. The number of hydrogen-bond donors (Lipinski definition) is 2. The van der Waals surface area contributed by atoms with E-state index < -0.39 is 4.92 Å². The Morgan fingerprint density at radius 1 is 1.48 bits per heavy atom. The van der Waals surface area contributed by atoms with Crippen LogP contribution in [0.3, 0.4) is 0 Å². The van der Waals surface area contributed by atoms with Gasteiger partial charge in [-0.2, -0.15) is 0 Å². The quantitative estimate of drug-likeness (QED) is 0.608. The van der Waals surface area contributed by atoms with Crippen LogP contribution in [0, 0.1) is 10.1 Å². The monoisotopic (exact) mass is 292 g/mol. The van der Waals surface area contributed by atoms with E-state index in [4.69, 9.17) is 0 Å². The van der Waals surface area contributed by atoms with Crippen molar-refractivity contribution in [3.63, 3.8) is 0 Å². The number of hydrogen-bond acceptors (Lipinski definition) is 5. The first-order chi connectivity index (χ1) is 10.1. The molecule has 1 aliphatic rings. The summed E-state index contributed by atoms with van der Waals surface area (Å²) in [6.45, 7) is 5.10. The Kier molecular flexibility index (Phi) is 5.24. The zero-order chi connectivity index (χ0) is 15.2. The van der Waals surface area contributed by atoms with E-state index in [0.717, 1.165) is 26.1 Å². The number of carbonyl (C=O) groups excluding carboxylic acids is 1. The predicted molar refractivity (Wildman–Crippen MR) is 80.2 cm³/mol. The fraction of sp³-hybridized carbons (Fsp3) is 0.500. The van der Waals surface area contributed by atoms with Gasteiger partial charge in [0.25, 0.3) is 5.69 Å². The van der Waals surface area contributed by atoms with E-state index >= 15 is 0 Å². The zero-order valence-corrected chi connectivity index (χ0v) is 12.0. The third kappa shape index (κ3) is 4.24. The zero-order valence-electron chi connectivity index (χ0n) is 12.0. The smallest absolute Gasteiger partial charge is 0.269 e. The first-order valence-corrected chi connectivity index (χ1v) is 7.09. The Balaban J connectivity index is 1.89. The van der Waals surface area contributed by atoms with Crippen molar-refractivity contribution in [1.29, 1.82) is 0 Å². The third-order valence-corrected chi connectivity index (χ3v) is 3.67. The highest BCUT2D eigenvalue weighted by atomic mass is 16.6. The molecule has 0 spiro atoms. The van der Waals surface area contributed by atoms with Crippen molar-refractivity contribution < 1.29 is 9.72 Å². The molecular weight excluding hydrogens is 272 g/mol. The van der Waals surface area contributed by atoms with Crippen LogP contribution in [-0.2, 0) is 4.79 Å². The number of non-ortho nitro benzene ring substituents is 1. The molecule has 1 saturated heterocycles. The van der Waals surface area contributed by atoms with Crippen LogP contribution in [0.25, 0.3) is 0 Å². The van der Waals surface area contributed by atoms with E-state index in [1.807, 2.05) is 6.92 Å². The molecule has 1 atom stereocenters. The summed E-state index contributed by atoms with van der Waals surface area (Å²) in [5.41, 5.74) is 0.589. The number of nitro groups is 1. The Labute approximate surface area is 123 Å². The molecule has 0 saturated carbocycles. The standard InChI is InChI=1S/C14H20N4O3/c1-2-17(13-7-8-15-9-13)10-14(19)16-11-3-5-12(6-4-11)18(20)21/h3-6,13,15H,2,7-10H2,1H3,(H,16,19). The SMILES string of the molecule is CCN(CC(=O)Nc1ccc([N+](=O)[O-])cc1)C1CCNC1. The van der Waals surface area contributed by atoms with Crippen LogP contribution in [0.1, 0.15) is 13.3 Å². The van der Waals surface area contributed by atoms with Crippen molar-refractivity contribution in [3.05, 3.63) is 34.4 Å². The average Bonchev–Trinajstić information content (AvgIpc) is 2.99. The Morgan fingerprint density at radius 3 is 2.71 bits per heavy atom. The van der Waals surface area contributed by atoms with E-state index in [1.165, 1.54) is 12.1 Å². The molecular formula is C14H20N4O3. The van der Waals surface area contributed by atoms with Gasteiger partial charge in [-0.3, -0.25) is 19.8 Å². The first-order valence-electron chi connectivity index (χ1n) is 7.09. The molecule has 0 aromatic heterocycles. The van der Waals surface area contributed by atoms with Gasteiger partial charge in [0.15, 0.2) is 0 Å². The van der Waals surface area contributed by atoms with E-state index in [-0.39, 0.29) is 11.6 Å². The van der Waals surface area contributed by atoms with Gasteiger partial charge in [-0.25, -0.2) is 0 Å². The number of rotatable bonds is 6. The van der Waals surface area contributed by atoms with E-state index in [2.05, 4.69) is 15.5 Å². The van der Waals surface area contributed by atoms with Gasteiger partial charge in [-0.15, -0.1) is 0 Å². The molecule has 2 rings (SSSR count). The molecule has 7 nitrogen and oxygen atoms in total. The number of anilines is 1. The molecule has 114 valence electrons. The Bertz CT molecular complexity index is 497. The van der Waals surface area contributed by atoms with Crippen LogP contribution in [0.5, 0.6) is 0 Å². The lowest BCUT2D eigenvalue weighted by atomic mass is 10.2. The first kappa shape index (κ1) is 15.4. The predicted octanol–water partition coefficient (Wildman–Crippen LogP) is 1.22. The molecule has 1 aromatic carbocycles. The number of nitrogens with zero attached hydrogens (tertiary/aromatic N) is 2. The Morgan fingerprint density at radius 2 is 2.19 bits per heavy atom. The number of nitro benzene ring substituents is 1. The normalized spacial score (nSPS) is 17.9. The number of benzene rings is 1. The summed E-state index contributed by atoms with van der Waals surface area (Å²) in [5.74, 6) is -0.0994. The molecule has 2 N–H and O–H groups in total. The molecule has 0 radical (unpaired) electrons. The lowest BCUT2D eigenvalue weighted by molar-refractivity contribution is -0.384. The van der Waals surface area contributed by atoms with Crippen LogP contribution < -0.4 is 10.6 Å². The number of carbonyl (C=O) groups is 1. The van der Waals surface area contributed by atoms with E-state index in [0.29, 0.717) is 18.3 Å². The summed E-state index contributed by atoms with van der Waals surface area (Å²) in [4.78, 5) is 24.3. The second-order valence-corrected chi connectivity index (χ2v) is 5.06. The summed E-state index contributed by atoms with van der Waals surface area (Å²) in [6, 6.07) is 6.26. The van der Waals surface area contributed by atoms with Gasteiger partial charge in [-0.1, -0.05) is 6.92 Å².